The Morgan fingerprint density at radius 1 is 0.500 bits per heavy atom. The molecule has 0 unspecified atom stereocenters. The lowest BCUT2D eigenvalue weighted by atomic mass is 10.2. The van der Waals surface area contributed by atoms with Crippen LogP contribution in [0.3, 0.4) is 0 Å². The Morgan fingerprint density at radius 3 is 1.15 bits per heavy atom. The van der Waals surface area contributed by atoms with Crippen LogP contribution in [-0.2, 0) is 0 Å². The molecule has 0 radical (unpaired) electrons. The van der Waals surface area contributed by atoms with E-state index in [2.05, 4.69) is 10.2 Å². The third-order valence-electron chi connectivity index (χ3n) is 4.67. The molecule has 0 spiro atoms. The van der Waals surface area contributed by atoms with Crippen molar-refractivity contribution >= 4 is 34.7 Å². The number of anilines is 2. The molecular weight excluding hydrogens is 432 g/mol. The van der Waals surface area contributed by atoms with E-state index in [4.69, 9.17) is 20.9 Å². The topological polar surface area (TPSA) is 129 Å². The van der Waals surface area contributed by atoms with E-state index < -0.39 is 11.9 Å². The van der Waals surface area contributed by atoms with Crippen LogP contribution in [0.4, 0.5) is 22.7 Å². The molecule has 0 aromatic heterocycles. The van der Waals surface area contributed by atoms with E-state index in [0.29, 0.717) is 45.4 Å². The van der Waals surface area contributed by atoms with Gasteiger partial charge in [-0.3, -0.25) is 0 Å². The molecule has 0 aliphatic rings. The predicted octanol–water partition coefficient (Wildman–Crippen LogP) is 5.70. The smallest absolute Gasteiger partial charge is 0.343 e. The molecular formula is C26H20N4O4. The zero-order chi connectivity index (χ0) is 23.9. The van der Waals surface area contributed by atoms with Crippen LogP contribution < -0.4 is 20.9 Å². The number of carbonyl (C=O) groups excluding carboxylic acids is 2. The van der Waals surface area contributed by atoms with E-state index >= 15 is 0 Å². The van der Waals surface area contributed by atoms with Gasteiger partial charge in [0.25, 0.3) is 0 Å². The number of hydrogen-bond donors (Lipinski definition) is 2. The molecule has 0 heterocycles. The Kier molecular flexibility index (Phi) is 6.60. The molecule has 8 heteroatoms. The first-order chi connectivity index (χ1) is 16.5. The van der Waals surface area contributed by atoms with Crippen LogP contribution in [0, 0.1) is 0 Å². The minimum atomic E-state index is -0.480. The number of nitrogen functional groups attached to an aromatic ring is 2. The maximum Gasteiger partial charge on any atom is 0.343 e. The van der Waals surface area contributed by atoms with Crippen LogP contribution in [0.15, 0.2) is 107 Å². The van der Waals surface area contributed by atoms with Gasteiger partial charge in [0.15, 0.2) is 0 Å². The summed E-state index contributed by atoms with van der Waals surface area (Å²) in [5.41, 5.74) is 14.3. The van der Waals surface area contributed by atoms with Crippen molar-refractivity contribution in [1.29, 1.82) is 0 Å². The standard InChI is InChI=1S/C26H20N4O4/c27-19-5-1-17(2-6-19)25(31)33-23-13-9-21(10-14-23)29-30-22-11-15-24(16-12-22)34-26(32)18-3-7-20(28)8-4-18/h1-16H,27-28H2. The van der Waals surface area contributed by atoms with E-state index in [-0.39, 0.29) is 0 Å². The summed E-state index contributed by atoms with van der Waals surface area (Å²) in [5, 5.41) is 8.32. The second-order valence-corrected chi connectivity index (χ2v) is 7.21. The number of hydrogen-bond acceptors (Lipinski definition) is 8. The summed E-state index contributed by atoms with van der Waals surface area (Å²) in [4.78, 5) is 24.3. The molecule has 4 N–H and O–H groups in total. The van der Waals surface area contributed by atoms with E-state index in [1.165, 1.54) is 0 Å². The number of nitrogens with zero attached hydrogens (tertiary/aromatic N) is 2. The van der Waals surface area contributed by atoms with Gasteiger partial charge in [-0.15, -0.1) is 0 Å². The molecule has 0 aliphatic heterocycles. The van der Waals surface area contributed by atoms with Crippen LogP contribution in [0.5, 0.6) is 11.5 Å². The summed E-state index contributed by atoms with van der Waals surface area (Å²) in [5.74, 6) is -0.195. The highest BCUT2D eigenvalue weighted by Gasteiger charge is 2.09. The lowest BCUT2D eigenvalue weighted by Gasteiger charge is -2.05. The molecule has 168 valence electrons. The molecule has 0 amide bonds. The number of nitrogens with two attached hydrogens (primary N) is 2. The van der Waals surface area contributed by atoms with Crippen molar-refractivity contribution in [2.45, 2.75) is 0 Å². The summed E-state index contributed by atoms with van der Waals surface area (Å²) in [6, 6.07) is 26.2. The summed E-state index contributed by atoms with van der Waals surface area (Å²) >= 11 is 0. The fraction of sp³-hybridized carbons (Fsp3) is 0. The molecule has 0 saturated carbocycles. The normalized spacial score (nSPS) is 10.7. The molecule has 0 atom stereocenters. The van der Waals surface area contributed by atoms with E-state index in [1.807, 2.05) is 0 Å². The molecule has 34 heavy (non-hydrogen) atoms. The molecule has 0 aliphatic carbocycles. The quantitative estimate of drug-likeness (QED) is 0.167. The van der Waals surface area contributed by atoms with Crippen molar-refractivity contribution in [1.82, 2.24) is 0 Å². The van der Waals surface area contributed by atoms with Crippen LogP contribution in [0.2, 0.25) is 0 Å². The molecule has 0 saturated heterocycles. The highest BCUT2D eigenvalue weighted by atomic mass is 16.5. The van der Waals surface area contributed by atoms with Crippen LogP contribution in [0.1, 0.15) is 20.7 Å². The highest BCUT2D eigenvalue weighted by molar-refractivity contribution is 5.92. The second kappa shape index (κ2) is 10.1. The monoisotopic (exact) mass is 452 g/mol. The number of carbonyl (C=O) groups is 2. The van der Waals surface area contributed by atoms with Crippen LogP contribution >= 0.6 is 0 Å². The average molecular weight is 452 g/mol. The second-order valence-electron chi connectivity index (χ2n) is 7.21. The van der Waals surface area contributed by atoms with Gasteiger partial charge in [-0.1, -0.05) is 0 Å². The highest BCUT2D eigenvalue weighted by Crippen LogP contribution is 2.24. The molecule has 4 rings (SSSR count). The first-order valence-electron chi connectivity index (χ1n) is 10.2. The van der Waals surface area contributed by atoms with E-state index in [1.54, 1.807) is 97.1 Å². The minimum Gasteiger partial charge on any atom is -0.423 e. The Hall–Kier alpha value is -4.98. The average Bonchev–Trinajstić information content (AvgIpc) is 2.85. The predicted molar refractivity (Wildman–Crippen MR) is 129 cm³/mol. The van der Waals surface area contributed by atoms with Gasteiger partial charge in [0, 0.05) is 11.4 Å². The SMILES string of the molecule is Nc1ccc(C(=O)Oc2ccc(N=Nc3ccc(OC(=O)c4ccc(N)cc4)cc3)cc2)cc1. The van der Waals surface area contributed by atoms with Gasteiger partial charge >= 0.3 is 11.9 Å². The molecule has 0 fully saturated rings. The molecule has 8 nitrogen and oxygen atoms in total. The van der Waals surface area contributed by atoms with Crippen molar-refractivity contribution in [2.24, 2.45) is 10.2 Å². The summed E-state index contributed by atoms with van der Waals surface area (Å²) < 4.78 is 10.7. The first-order valence-corrected chi connectivity index (χ1v) is 10.2. The van der Waals surface area contributed by atoms with Gasteiger partial charge in [-0.2, -0.15) is 10.2 Å². The largest absolute Gasteiger partial charge is 0.423 e. The van der Waals surface area contributed by atoms with Gasteiger partial charge in [-0.05, 0) is 97.1 Å². The van der Waals surface area contributed by atoms with Crippen molar-refractivity contribution < 1.29 is 19.1 Å². The van der Waals surface area contributed by atoms with Gasteiger partial charge in [0.05, 0.1) is 22.5 Å². The number of benzene rings is 4. The fourth-order valence-electron chi connectivity index (χ4n) is 2.85. The van der Waals surface area contributed by atoms with Gasteiger partial charge < -0.3 is 20.9 Å². The Bertz CT molecular complexity index is 1210. The molecule has 0 bridgehead atoms. The summed E-state index contributed by atoms with van der Waals surface area (Å²) in [6.45, 7) is 0. The number of azo groups is 1. The van der Waals surface area contributed by atoms with Crippen molar-refractivity contribution in [3.05, 3.63) is 108 Å². The van der Waals surface area contributed by atoms with Gasteiger partial charge in [-0.25, -0.2) is 9.59 Å². The van der Waals surface area contributed by atoms with Crippen LogP contribution in [0.25, 0.3) is 0 Å². The molecule has 4 aromatic rings. The molecule has 4 aromatic carbocycles. The lowest BCUT2D eigenvalue weighted by molar-refractivity contribution is 0.0725. The zero-order valence-corrected chi connectivity index (χ0v) is 17.9. The first kappa shape index (κ1) is 22.2. The summed E-state index contributed by atoms with van der Waals surface area (Å²) in [7, 11) is 0. The fourth-order valence-corrected chi connectivity index (χ4v) is 2.85. The van der Waals surface area contributed by atoms with Crippen molar-refractivity contribution in [2.75, 3.05) is 11.5 Å². The minimum absolute atomic E-state index is 0.382. The number of esters is 2. The van der Waals surface area contributed by atoms with Gasteiger partial charge in [0.2, 0.25) is 0 Å². The third-order valence-corrected chi connectivity index (χ3v) is 4.67. The Balaban J connectivity index is 1.33. The lowest BCUT2D eigenvalue weighted by Crippen LogP contribution is -2.08. The van der Waals surface area contributed by atoms with Crippen molar-refractivity contribution in [3.8, 4) is 11.5 Å². The Labute approximate surface area is 195 Å². The third kappa shape index (κ3) is 5.83. The van der Waals surface area contributed by atoms with Crippen molar-refractivity contribution in [3.63, 3.8) is 0 Å². The summed E-state index contributed by atoms with van der Waals surface area (Å²) in [6.07, 6.45) is 0. The van der Waals surface area contributed by atoms with E-state index in [0.717, 1.165) is 0 Å². The number of ether oxygens (including phenoxy) is 2. The number of rotatable bonds is 6. The van der Waals surface area contributed by atoms with Gasteiger partial charge in [0.1, 0.15) is 11.5 Å². The maximum atomic E-state index is 12.2. The van der Waals surface area contributed by atoms with E-state index in [9.17, 15) is 9.59 Å². The van der Waals surface area contributed by atoms with Crippen LogP contribution in [-0.4, -0.2) is 11.9 Å². The zero-order valence-electron chi connectivity index (χ0n) is 17.9. The maximum absolute atomic E-state index is 12.2. The Morgan fingerprint density at radius 2 is 0.824 bits per heavy atom.